The van der Waals surface area contributed by atoms with Crippen LogP contribution in [0.25, 0.3) is 0 Å². The molecule has 0 aliphatic carbocycles. The van der Waals surface area contributed by atoms with Gasteiger partial charge in [0.1, 0.15) is 60.7 Å². The zero-order valence-electron chi connectivity index (χ0n) is 43.2. The molecule has 0 rings (SSSR count). The highest BCUT2D eigenvalue weighted by molar-refractivity contribution is 7.80. The number of aliphatic hydroxyl groups is 3. The molecule has 0 aliphatic rings. The lowest BCUT2D eigenvalue weighted by Crippen LogP contribution is -2.63. The van der Waals surface area contributed by atoms with Crippen molar-refractivity contribution in [1.29, 1.82) is 0 Å². The number of nitrogens with two attached hydrogens (primary N) is 5. The van der Waals surface area contributed by atoms with Crippen molar-refractivity contribution in [3.63, 3.8) is 0 Å². The molecule has 0 aromatic carbocycles. The molecule has 11 amide bonds. The predicted molar refractivity (Wildman–Crippen MR) is 280 cm³/mol. The smallest absolute Gasteiger partial charge is 0.245 e. The zero-order valence-corrected chi connectivity index (χ0v) is 45.0. The van der Waals surface area contributed by atoms with Crippen LogP contribution in [0, 0.1) is 0 Å². The summed E-state index contributed by atoms with van der Waals surface area (Å²) in [7, 11) is 0. The Balaban J connectivity index is 5.76. The predicted octanol–water partition coefficient (Wildman–Crippen LogP) is -9.52. The fraction of sp³-hybridized carbons (Fsp3) is 0.698. The summed E-state index contributed by atoms with van der Waals surface area (Å²) in [6, 6.07) is -16.2. The van der Waals surface area contributed by atoms with Gasteiger partial charge in [0.2, 0.25) is 65.0 Å². The van der Waals surface area contributed by atoms with Crippen LogP contribution in [0.4, 0.5) is 0 Å². The molecule has 0 radical (unpaired) electrons. The van der Waals surface area contributed by atoms with Gasteiger partial charge >= 0.3 is 0 Å². The van der Waals surface area contributed by atoms with Crippen molar-refractivity contribution in [1.82, 2.24) is 53.2 Å². The molecule has 76 heavy (non-hydrogen) atoms. The molecule has 33 heteroatoms. The Morgan fingerprint density at radius 3 is 1.25 bits per heavy atom. The fourth-order valence-electron chi connectivity index (χ4n) is 6.40. The second-order valence-electron chi connectivity index (χ2n) is 17.7. The molecular weight excluding hydrogens is 1040 g/mol. The van der Waals surface area contributed by atoms with E-state index < -0.39 is 162 Å². The van der Waals surface area contributed by atoms with Gasteiger partial charge in [0.05, 0.1) is 36.8 Å². The Kier molecular flexibility index (Phi) is 32.8. The Bertz CT molecular complexity index is 2030. The molecule has 0 aliphatic heterocycles. The highest BCUT2D eigenvalue weighted by Crippen LogP contribution is 2.06. The number of nitrogens with zero attached hydrogens (tertiary/aromatic N) is 1. The van der Waals surface area contributed by atoms with Gasteiger partial charge in [-0.05, 0) is 73.8 Å². The minimum Gasteiger partial charge on any atom is -0.391 e. The Morgan fingerprint density at radius 2 is 0.855 bits per heavy atom. The van der Waals surface area contributed by atoms with E-state index in [0.29, 0.717) is 32.1 Å². The molecule has 432 valence electrons. The van der Waals surface area contributed by atoms with Crippen LogP contribution < -0.4 is 81.8 Å². The molecule has 31 nitrogen and oxygen atoms in total. The maximum Gasteiger partial charge on any atom is 0.245 e. The number of aliphatic imine (C=N–C) groups is 1. The minimum atomic E-state index is -1.85. The van der Waals surface area contributed by atoms with E-state index in [9.17, 15) is 72.9 Å². The summed E-state index contributed by atoms with van der Waals surface area (Å²) >= 11 is 8.15. The zero-order chi connectivity index (χ0) is 58.6. The Labute approximate surface area is 450 Å². The number of hydrogen-bond acceptors (Lipinski definition) is 20. The SMILES string of the molecule is C[C@H](NC(=O)[C@H](CS)NC(=O)[C@@H](NC(=O)[C@H](C)NC(=O)[C@@H](NC(=O)[C@H](CC(N)=O)NC(=O)[C@H](CS)NC(=O)[C@@H](N)CCCCN)[C@@H](C)O)[C@@H](C)O)C(=O)N[C@H](C(=O)N[C@@H](C)C(=O)N[C@H](C=O)CCCN=C(N)N)[C@@H](C)O. The van der Waals surface area contributed by atoms with Crippen LogP contribution in [0.3, 0.4) is 0 Å². The third-order valence-corrected chi connectivity index (χ3v) is 11.6. The number of rotatable bonds is 36. The minimum absolute atomic E-state index is 0.149. The number of hydrogen-bond donors (Lipinski definition) is 20. The molecule has 14 atom stereocenters. The summed E-state index contributed by atoms with van der Waals surface area (Å²) in [5.74, 6) is -12.0. The maximum atomic E-state index is 13.4. The third-order valence-electron chi connectivity index (χ3n) is 10.9. The summed E-state index contributed by atoms with van der Waals surface area (Å²) in [5.41, 5.74) is 27.2. The first-order valence-corrected chi connectivity index (χ1v) is 25.3. The van der Waals surface area contributed by atoms with Gasteiger partial charge in [-0.15, -0.1) is 0 Å². The van der Waals surface area contributed by atoms with Crippen molar-refractivity contribution < 1.29 is 72.9 Å². The van der Waals surface area contributed by atoms with E-state index in [1.165, 1.54) is 13.8 Å². The second-order valence-corrected chi connectivity index (χ2v) is 18.4. The number of aldehydes is 1. The first-order valence-electron chi connectivity index (χ1n) is 24.0. The van der Waals surface area contributed by atoms with Crippen molar-refractivity contribution >= 4 is 102 Å². The van der Waals surface area contributed by atoms with E-state index in [0.717, 1.165) is 27.7 Å². The van der Waals surface area contributed by atoms with E-state index in [-0.39, 0.29) is 31.1 Å². The Hall–Kier alpha value is -6.39. The lowest BCUT2D eigenvalue weighted by Gasteiger charge is -2.28. The first kappa shape index (κ1) is 69.6. The van der Waals surface area contributed by atoms with Crippen molar-refractivity contribution in [2.45, 2.75) is 165 Å². The van der Waals surface area contributed by atoms with E-state index in [1.807, 2.05) is 0 Å². The van der Waals surface area contributed by atoms with Gasteiger partial charge in [-0.2, -0.15) is 25.3 Å². The lowest BCUT2D eigenvalue weighted by atomic mass is 10.1. The molecule has 0 aromatic rings. The second kappa shape index (κ2) is 35.8. The summed E-state index contributed by atoms with van der Waals surface area (Å²) in [4.78, 5) is 159. The molecule has 0 bridgehead atoms. The average Bonchev–Trinajstić information content (AvgIpc) is 3.34. The molecule has 0 fully saturated rings. The van der Waals surface area contributed by atoms with Crippen LogP contribution in [0.15, 0.2) is 4.99 Å². The summed E-state index contributed by atoms with van der Waals surface area (Å²) in [6.45, 7) is 7.53. The summed E-state index contributed by atoms with van der Waals surface area (Å²) < 4.78 is 0. The number of guanidine groups is 1. The van der Waals surface area contributed by atoms with Crippen LogP contribution in [0.2, 0.25) is 0 Å². The van der Waals surface area contributed by atoms with E-state index in [2.05, 4.69) is 83.4 Å². The van der Waals surface area contributed by atoms with Crippen molar-refractivity contribution in [3.8, 4) is 0 Å². The van der Waals surface area contributed by atoms with Gasteiger partial charge in [-0.25, -0.2) is 0 Å². The molecule has 23 N–H and O–H groups in total. The number of nitrogens with one attached hydrogen (secondary N) is 10. The third kappa shape index (κ3) is 25.9. The molecule has 0 aromatic heterocycles. The van der Waals surface area contributed by atoms with Gasteiger partial charge in [0.15, 0.2) is 5.96 Å². The van der Waals surface area contributed by atoms with Crippen LogP contribution in [-0.2, 0) is 57.5 Å². The number of amides is 11. The molecule has 0 unspecified atom stereocenters. The molecule has 0 spiro atoms. The number of primary amides is 1. The van der Waals surface area contributed by atoms with Crippen molar-refractivity contribution in [2.75, 3.05) is 24.6 Å². The van der Waals surface area contributed by atoms with E-state index in [4.69, 9.17) is 28.7 Å². The number of thiol groups is 2. The molecule has 0 heterocycles. The molecule has 0 saturated heterocycles. The van der Waals surface area contributed by atoms with Gasteiger partial charge < -0.3 is 102 Å². The van der Waals surface area contributed by atoms with Crippen molar-refractivity contribution in [2.24, 2.45) is 33.7 Å². The van der Waals surface area contributed by atoms with Gasteiger partial charge in [0, 0.05) is 18.1 Å². The number of unbranched alkanes of at least 4 members (excludes halogenated alkanes) is 1. The highest BCUT2D eigenvalue weighted by Gasteiger charge is 2.36. The van der Waals surface area contributed by atoms with Gasteiger partial charge in [-0.3, -0.25) is 57.7 Å². The standard InChI is InChI=1S/C43H78N16O15S2/c1-18(33(65)53-24(15-60)10-9-13-49-43(47)48)51-40(72)30(21(4)61)57-34(66)19(2)50-38(70)27(16-75)56-42(74)32(23(6)63)58-35(67)20(3)52-41(73)31(22(5)62)59-37(69)26(14-29(46)64)54-39(71)28(17-76)55-36(68)25(45)11-7-8-12-44/h15,18-28,30-32,61-63,75-76H,7-14,16-17,44-45H2,1-6H3,(H2,46,64)(H,50,70)(H,51,72)(H,52,73)(H,53,65)(H,54,71)(H,55,68)(H,56,74)(H,57,66)(H,58,67)(H,59,69)(H4,47,48,49)/t18-,19-,20-,21+,22+,23+,24-,25-,26-,27-,28-,30-,31-,32-/m0/s1. The van der Waals surface area contributed by atoms with Gasteiger partial charge in [0.25, 0.3) is 0 Å². The number of carbonyl (C=O) groups is 12. The van der Waals surface area contributed by atoms with Crippen LogP contribution in [0.1, 0.15) is 80.1 Å². The van der Waals surface area contributed by atoms with Crippen LogP contribution >= 0.6 is 25.3 Å². The van der Waals surface area contributed by atoms with Gasteiger partial charge in [-0.1, -0.05) is 6.42 Å². The largest absolute Gasteiger partial charge is 0.391 e. The monoisotopic (exact) mass is 1120 g/mol. The quantitative estimate of drug-likeness (QED) is 0.00911. The topological polar surface area (TPSA) is 528 Å². The normalized spacial score (nSPS) is 16.5. The van der Waals surface area contributed by atoms with Crippen molar-refractivity contribution in [3.05, 3.63) is 0 Å². The van der Waals surface area contributed by atoms with E-state index >= 15 is 0 Å². The average molecular weight is 1120 g/mol. The maximum absolute atomic E-state index is 13.4. The van der Waals surface area contributed by atoms with E-state index in [1.54, 1.807) is 0 Å². The first-order chi connectivity index (χ1) is 35.4. The van der Waals surface area contributed by atoms with Crippen LogP contribution in [0.5, 0.6) is 0 Å². The van der Waals surface area contributed by atoms with Crippen LogP contribution in [-0.4, -0.2) is 202 Å². The fourth-order valence-corrected chi connectivity index (χ4v) is 6.91. The molecule has 0 saturated carbocycles. The number of carbonyl (C=O) groups excluding carboxylic acids is 12. The highest BCUT2D eigenvalue weighted by atomic mass is 32.1. The summed E-state index contributed by atoms with van der Waals surface area (Å²) in [5, 5.41) is 54.1. The lowest BCUT2D eigenvalue weighted by molar-refractivity contribution is -0.138. The molecular formula is C43H78N16O15S2. The Morgan fingerprint density at radius 1 is 0.487 bits per heavy atom. The number of aliphatic hydroxyl groups excluding tert-OH is 3. The summed E-state index contributed by atoms with van der Waals surface area (Å²) in [6.07, 6.45) is -3.29.